The molecule has 1 rings (SSSR count). The van der Waals surface area contributed by atoms with Crippen LogP contribution >= 0.6 is 15.9 Å². The highest BCUT2D eigenvalue weighted by atomic mass is 79.9. The molecule has 0 fully saturated rings. The van der Waals surface area contributed by atoms with Crippen LogP contribution in [0.5, 0.6) is 5.75 Å². The molecule has 0 N–H and O–H groups in total. The molecule has 0 unspecified atom stereocenters. The van der Waals surface area contributed by atoms with E-state index in [1.807, 2.05) is 0 Å². The van der Waals surface area contributed by atoms with E-state index in [-0.39, 0.29) is 15.8 Å². The standard InChI is InChI=1S/C9H6BrF3O2/c10-8-6(4-14)2-1-3-7(8)15-5-9(11,12)13/h1-4H,5H2. The minimum Gasteiger partial charge on any atom is -0.483 e. The number of carbonyl (C=O) groups is 1. The van der Waals surface area contributed by atoms with Crippen LogP contribution in [0.15, 0.2) is 22.7 Å². The molecule has 0 heterocycles. The van der Waals surface area contributed by atoms with Crippen molar-refractivity contribution in [2.24, 2.45) is 0 Å². The highest BCUT2D eigenvalue weighted by Crippen LogP contribution is 2.29. The largest absolute Gasteiger partial charge is 0.483 e. The maximum absolute atomic E-state index is 11.8. The van der Waals surface area contributed by atoms with E-state index in [2.05, 4.69) is 20.7 Å². The van der Waals surface area contributed by atoms with Crippen molar-refractivity contribution in [1.82, 2.24) is 0 Å². The minimum absolute atomic E-state index is 0.00285. The van der Waals surface area contributed by atoms with Crippen molar-refractivity contribution in [3.8, 4) is 5.75 Å². The third kappa shape index (κ3) is 3.54. The first-order valence-electron chi connectivity index (χ1n) is 3.87. The molecule has 0 aliphatic rings. The second-order valence-electron chi connectivity index (χ2n) is 2.68. The number of alkyl halides is 3. The Bertz CT molecular complexity index is 363. The lowest BCUT2D eigenvalue weighted by Crippen LogP contribution is -2.19. The summed E-state index contributed by atoms with van der Waals surface area (Å²) in [6.07, 6.45) is -3.86. The molecule has 0 aliphatic heterocycles. The lowest BCUT2D eigenvalue weighted by Gasteiger charge is -2.11. The quantitative estimate of drug-likeness (QED) is 0.796. The van der Waals surface area contributed by atoms with Crippen molar-refractivity contribution in [2.45, 2.75) is 6.18 Å². The molecule has 0 bridgehead atoms. The molecule has 0 atom stereocenters. The third-order valence-corrected chi connectivity index (χ3v) is 2.36. The van der Waals surface area contributed by atoms with Crippen LogP contribution in [-0.4, -0.2) is 19.1 Å². The Kier molecular flexibility index (Phi) is 3.73. The summed E-state index contributed by atoms with van der Waals surface area (Å²) in [6.45, 7) is -1.38. The smallest absolute Gasteiger partial charge is 0.422 e. The fourth-order valence-electron chi connectivity index (χ4n) is 0.890. The summed E-state index contributed by atoms with van der Waals surface area (Å²) in [7, 11) is 0. The van der Waals surface area contributed by atoms with Gasteiger partial charge in [-0.25, -0.2) is 0 Å². The van der Waals surface area contributed by atoms with Gasteiger partial charge in [0.15, 0.2) is 12.9 Å². The first-order valence-corrected chi connectivity index (χ1v) is 4.66. The van der Waals surface area contributed by atoms with Crippen molar-refractivity contribution in [3.05, 3.63) is 28.2 Å². The van der Waals surface area contributed by atoms with Gasteiger partial charge in [0.05, 0.1) is 4.47 Å². The van der Waals surface area contributed by atoms with Crippen LogP contribution in [0.3, 0.4) is 0 Å². The second kappa shape index (κ2) is 4.65. The summed E-state index contributed by atoms with van der Waals surface area (Å²) in [4.78, 5) is 10.5. The van der Waals surface area contributed by atoms with E-state index in [1.165, 1.54) is 18.2 Å². The van der Waals surface area contributed by atoms with Crippen LogP contribution in [0.1, 0.15) is 10.4 Å². The summed E-state index contributed by atoms with van der Waals surface area (Å²) in [6, 6.07) is 4.26. The highest BCUT2D eigenvalue weighted by molar-refractivity contribution is 9.10. The van der Waals surface area contributed by atoms with Gasteiger partial charge in [-0.3, -0.25) is 4.79 Å². The fraction of sp³-hybridized carbons (Fsp3) is 0.222. The Balaban J connectivity index is 2.82. The Morgan fingerprint density at radius 2 is 2.07 bits per heavy atom. The van der Waals surface area contributed by atoms with E-state index in [9.17, 15) is 18.0 Å². The average molecular weight is 283 g/mol. The zero-order valence-corrected chi connectivity index (χ0v) is 8.93. The van der Waals surface area contributed by atoms with Gasteiger partial charge >= 0.3 is 6.18 Å². The number of hydrogen-bond acceptors (Lipinski definition) is 2. The fourth-order valence-corrected chi connectivity index (χ4v) is 1.36. The first-order chi connectivity index (χ1) is 6.94. The molecule has 0 aromatic heterocycles. The van der Waals surface area contributed by atoms with Gasteiger partial charge in [-0.05, 0) is 22.0 Å². The number of carbonyl (C=O) groups excluding carboxylic acids is 1. The van der Waals surface area contributed by atoms with Gasteiger partial charge in [-0.15, -0.1) is 0 Å². The maximum atomic E-state index is 11.8. The summed E-state index contributed by atoms with van der Waals surface area (Å²) in [5, 5.41) is 0. The molecule has 0 amide bonds. The van der Waals surface area contributed by atoms with E-state index in [0.717, 1.165) is 0 Å². The Morgan fingerprint density at radius 3 is 2.60 bits per heavy atom. The number of halogens is 4. The molecule has 1 aromatic carbocycles. The molecular weight excluding hydrogens is 277 g/mol. The molecular formula is C9H6BrF3O2. The van der Waals surface area contributed by atoms with Gasteiger partial charge in [-0.2, -0.15) is 13.2 Å². The normalized spacial score (nSPS) is 11.2. The lowest BCUT2D eigenvalue weighted by molar-refractivity contribution is -0.153. The van der Waals surface area contributed by atoms with E-state index in [1.54, 1.807) is 0 Å². The van der Waals surface area contributed by atoms with Crippen molar-refractivity contribution >= 4 is 22.2 Å². The van der Waals surface area contributed by atoms with Crippen LogP contribution in [0.4, 0.5) is 13.2 Å². The van der Waals surface area contributed by atoms with E-state index in [0.29, 0.717) is 6.29 Å². The van der Waals surface area contributed by atoms with Crippen LogP contribution in [0.2, 0.25) is 0 Å². The number of ether oxygens (including phenoxy) is 1. The molecule has 0 radical (unpaired) electrons. The van der Waals surface area contributed by atoms with Gasteiger partial charge in [0.1, 0.15) is 5.75 Å². The zero-order chi connectivity index (χ0) is 11.5. The SMILES string of the molecule is O=Cc1cccc(OCC(F)(F)F)c1Br. The molecule has 2 nitrogen and oxygen atoms in total. The van der Waals surface area contributed by atoms with Crippen molar-refractivity contribution in [2.75, 3.05) is 6.61 Å². The second-order valence-corrected chi connectivity index (χ2v) is 3.47. The maximum Gasteiger partial charge on any atom is 0.422 e. The average Bonchev–Trinajstić information content (AvgIpc) is 2.15. The molecule has 0 spiro atoms. The summed E-state index contributed by atoms with van der Waals surface area (Å²) >= 11 is 2.99. The summed E-state index contributed by atoms with van der Waals surface area (Å²) < 4.78 is 40.3. The minimum atomic E-state index is -4.39. The summed E-state index contributed by atoms with van der Waals surface area (Å²) in [5.41, 5.74) is 0.245. The Morgan fingerprint density at radius 1 is 1.40 bits per heavy atom. The van der Waals surface area contributed by atoms with Gasteiger partial charge in [0, 0.05) is 5.56 Å². The molecule has 1 aromatic rings. The van der Waals surface area contributed by atoms with Gasteiger partial charge < -0.3 is 4.74 Å². The van der Waals surface area contributed by atoms with Crippen LogP contribution in [-0.2, 0) is 0 Å². The Labute approximate surface area is 92.2 Å². The predicted octanol–water partition coefficient (Wildman–Crippen LogP) is 3.20. The van der Waals surface area contributed by atoms with Crippen LogP contribution in [0, 0.1) is 0 Å². The third-order valence-electron chi connectivity index (χ3n) is 1.51. The molecule has 0 saturated carbocycles. The topological polar surface area (TPSA) is 26.3 Å². The number of aldehydes is 1. The van der Waals surface area contributed by atoms with Crippen molar-refractivity contribution in [3.63, 3.8) is 0 Å². The number of hydrogen-bond donors (Lipinski definition) is 0. The van der Waals surface area contributed by atoms with Crippen molar-refractivity contribution < 1.29 is 22.7 Å². The molecule has 0 aliphatic carbocycles. The molecule has 0 saturated heterocycles. The van der Waals surface area contributed by atoms with Crippen LogP contribution in [0.25, 0.3) is 0 Å². The summed E-state index contributed by atoms with van der Waals surface area (Å²) in [5.74, 6) is -0.00285. The molecule has 15 heavy (non-hydrogen) atoms. The van der Waals surface area contributed by atoms with Gasteiger partial charge in [0.25, 0.3) is 0 Å². The monoisotopic (exact) mass is 282 g/mol. The lowest BCUT2D eigenvalue weighted by atomic mass is 10.2. The first kappa shape index (κ1) is 12.0. The van der Waals surface area contributed by atoms with E-state index < -0.39 is 12.8 Å². The number of rotatable bonds is 3. The number of benzene rings is 1. The van der Waals surface area contributed by atoms with Crippen molar-refractivity contribution in [1.29, 1.82) is 0 Å². The zero-order valence-electron chi connectivity index (χ0n) is 7.34. The molecule has 82 valence electrons. The van der Waals surface area contributed by atoms with Gasteiger partial charge in [-0.1, -0.05) is 12.1 Å². The van der Waals surface area contributed by atoms with E-state index in [4.69, 9.17) is 0 Å². The Hall–Kier alpha value is -1.04. The highest BCUT2D eigenvalue weighted by Gasteiger charge is 2.28. The predicted molar refractivity (Wildman–Crippen MR) is 51.1 cm³/mol. The van der Waals surface area contributed by atoms with Crippen LogP contribution < -0.4 is 4.74 Å². The van der Waals surface area contributed by atoms with E-state index >= 15 is 0 Å². The van der Waals surface area contributed by atoms with Gasteiger partial charge in [0.2, 0.25) is 0 Å². The molecule has 6 heteroatoms.